The van der Waals surface area contributed by atoms with Crippen molar-refractivity contribution in [3.8, 4) is 0 Å². The molecule has 1 amide bonds. The van der Waals surface area contributed by atoms with Crippen molar-refractivity contribution in [3.05, 3.63) is 10.4 Å². The molecule has 1 N–H and O–H groups in total. The minimum Gasteiger partial charge on any atom is -0.460 e. The fourth-order valence-corrected chi connectivity index (χ4v) is 4.91. The lowest BCUT2D eigenvalue weighted by molar-refractivity contribution is -0.154. The van der Waals surface area contributed by atoms with E-state index in [1.54, 1.807) is 0 Å². The van der Waals surface area contributed by atoms with Crippen molar-refractivity contribution in [2.45, 2.75) is 142 Å². The molecule has 282 valence electrons. The molecule has 0 aromatic heterocycles. The summed E-state index contributed by atoms with van der Waals surface area (Å²) in [5.74, 6) is 0.0348. The number of nitrogens with one attached hydrogen (secondary N) is 1. The van der Waals surface area contributed by atoms with Crippen LogP contribution in [0.15, 0.2) is 5.11 Å². The van der Waals surface area contributed by atoms with Gasteiger partial charge >= 0.3 is 5.97 Å². The van der Waals surface area contributed by atoms with E-state index in [2.05, 4.69) is 15.3 Å². The molecule has 0 spiro atoms. The maximum Gasteiger partial charge on any atom is 0.306 e. The second kappa shape index (κ2) is 36.3. The molecule has 0 aliphatic heterocycles. The minimum absolute atomic E-state index is 0.0689. The molecule has 0 unspecified atom stereocenters. The highest BCUT2D eigenvalue weighted by atomic mass is 16.6. The maximum absolute atomic E-state index is 12.0. The molecule has 0 bridgehead atoms. The smallest absolute Gasteiger partial charge is 0.306 e. The van der Waals surface area contributed by atoms with Gasteiger partial charge in [-0.1, -0.05) is 95.0 Å². The van der Waals surface area contributed by atoms with Crippen LogP contribution >= 0.6 is 0 Å². The number of nitrogens with zero attached hydrogens (tertiary/aromatic N) is 3. The summed E-state index contributed by atoms with van der Waals surface area (Å²) in [7, 11) is 0. The highest BCUT2D eigenvalue weighted by Crippen LogP contribution is 2.15. The molecular weight excluding hydrogens is 616 g/mol. The summed E-state index contributed by atoms with van der Waals surface area (Å²) in [4.78, 5) is 26.4. The molecule has 0 saturated carbocycles. The van der Waals surface area contributed by atoms with Gasteiger partial charge in [-0.15, -0.1) is 0 Å². The van der Waals surface area contributed by atoms with Gasteiger partial charge < -0.3 is 33.7 Å². The number of ether oxygens (including phenoxy) is 6. The normalized spacial score (nSPS) is 11.4. The zero-order valence-electron chi connectivity index (χ0n) is 30.8. The molecule has 0 aromatic rings. The first-order chi connectivity index (χ1) is 23.3. The molecule has 0 aliphatic carbocycles. The molecule has 0 saturated heterocycles. The molecular formula is C36H70N4O8. The first-order valence-corrected chi connectivity index (χ1v) is 18.7. The van der Waals surface area contributed by atoms with Gasteiger partial charge in [0.2, 0.25) is 5.91 Å². The monoisotopic (exact) mass is 687 g/mol. The zero-order valence-corrected chi connectivity index (χ0v) is 30.8. The van der Waals surface area contributed by atoms with Gasteiger partial charge in [0.05, 0.1) is 66.1 Å². The Morgan fingerprint density at radius 1 is 0.542 bits per heavy atom. The lowest BCUT2D eigenvalue weighted by Gasteiger charge is -2.19. The predicted molar refractivity (Wildman–Crippen MR) is 190 cm³/mol. The van der Waals surface area contributed by atoms with E-state index in [4.69, 9.17) is 34.0 Å². The molecule has 0 radical (unpaired) electrons. The van der Waals surface area contributed by atoms with Gasteiger partial charge in [-0.2, -0.15) is 0 Å². The number of hydrogen-bond acceptors (Lipinski definition) is 9. The topological polar surface area (TPSA) is 150 Å². The quantitative estimate of drug-likeness (QED) is 0.0228. The summed E-state index contributed by atoms with van der Waals surface area (Å²) in [6.07, 6.45) is 20.9. The van der Waals surface area contributed by atoms with Gasteiger partial charge in [-0.3, -0.25) is 9.59 Å². The van der Waals surface area contributed by atoms with Crippen LogP contribution in [0.2, 0.25) is 0 Å². The van der Waals surface area contributed by atoms with Crippen LogP contribution in [-0.2, 0) is 38.0 Å². The standard InChI is InChI=1S/C36H70N4O8/c1-36(2,3)48-35(42)21-19-17-15-13-11-9-7-5-4-6-8-10-12-14-16-18-20-34(41)38-22-24-43-26-28-45-30-32-47-33-31-46-29-27-44-25-23-39-40-37/h4-33H2,1-3H3,(H,38,41). The number of esters is 1. The number of unbranched alkanes of at least 4 members (excludes halogenated alkanes) is 15. The molecule has 0 fully saturated rings. The van der Waals surface area contributed by atoms with E-state index in [1.807, 2.05) is 20.8 Å². The Balaban J connectivity index is 3.20. The largest absolute Gasteiger partial charge is 0.460 e. The summed E-state index contributed by atoms with van der Waals surface area (Å²) >= 11 is 0. The lowest BCUT2D eigenvalue weighted by atomic mass is 10.0. The van der Waals surface area contributed by atoms with Gasteiger partial charge in [0.15, 0.2) is 0 Å². The second-order valence-electron chi connectivity index (χ2n) is 13.1. The summed E-state index contributed by atoms with van der Waals surface area (Å²) in [6, 6.07) is 0. The number of azide groups is 1. The van der Waals surface area contributed by atoms with E-state index < -0.39 is 0 Å². The van der Waals surface area contributed by atoms with Crippen molar-refractivity contribution < 1.29 is 38.0 Å². The SMILES string of the molecule is CC(C)(C)OC(=O)CCCCCCCCCCCCCCCCCCC(=O)NCCOCCOCCOCCOCCOCCN=[N+]=[N-]. The summed E-state index contributed by atoms with van der Waals surface area (Å²) in [6.45, 7) is 11.4. The van der Waals surface area contributed by atoms with Gasteiger partial charge in [0.1, 0.15) is 5.60 Å². The van der Waals surface area contributed by atoms with Crippen LogP contribution < -0.4 is 5.32 Å². The van der Waals surface area contributed by atoms with Crippen molar-refractivity contribution in [1.29, 1.82) is 0 Å². The van der Waals surface area contributed by atoms with Gasteiger partial charge in [-0.05, 0) is 39.1 Å². The van der Waals surface area contributed by atoms with Crippen LogP contribution in [-0.4, -0.2) is 96.6 Å². The maximum atomic E-state index is 12.0. The van der Waals surface area contributed by atoms with Crippen molar-refractivity contribution in [1.82, 2.24) is 5.32 Å². The first kappa shape index (κ1) is 46.0. The Morgan fingerprint density at radius 2 is 0.896 bits per heavy atom. The average Bonchev–Trinajstić information content (AvgIpc) is 3.04. The van der Waals surface area contributed by atoms with Gasteiger partial charge in [0.25, 0.3) is 0 Å². The van der Waals surface area contributed by atoms with Gasteiger partial charge in [0, 0.05) is 30.8 Å². The molecule has 0 aliphatic rings. The first-order valence-electron chi connectivity index (χ1n) is 18.7. The number of rotatable bonds is 37. The lowest BCUT2D eigenvalue weighted by Crippen LogP contribution is -2.27. The Bertz CT molecular complexity index is 776. The highest BCUT2D eigenvalue weighted by molar-refractivity contribution is 5.75. The van der Waals surface area contributed by atoms with Crippen LogP contribution in [0, 0.1) is 0 Å². The van der Waals surface area contributed by atoms with Crippen LogP contribution in [0.1, 0.15) is 136 Å². The third-order valence-electron chi connectivity index (χ3n) is 7.41. The number of carbonyl (C=O) groups is 2. The molecule has 48 heavy (non-hydrogen) atoms. The van der Waals surface area contributed by atoms with Crippen molar-refractivity contribution in [2.75, 3.05) is 79.2 Å². The van der Waals surface area contributed by atoms with Gasteiger partial charge in [-0.25, -0.2) is 0 Å². The summed E-state index contributed by atoms with van der Waals surface area (Å²) in [5.41, 5.74) is 7.77. The number of carbonyl (C=O) groups excluding carboxylic acids is 2. The van der Waals surface area contributed by atoms with Crippen LogP contribution in [0.25, 0.3) is 10.4 Å². The molecule has 12 heteroatoms. The molecule has 0 atom stereocenters. The summed E-state index contributed by atoms with van der Waals surface area (Å²) in [5, 5.41) is 6.30. The fraction of sp³-hybridized carbons (Fsp3) is 0.944. The third kappa shape index (κ3) is 40.2. The number of amides is 1. The Kier molecular flexibility index (Phi) is 34.9. The van der Waals surface area contributed by atoms with E-state index in [0.717, 1.165) is 25.7 Å². The highest BCUT2D eigenvalue weighted by Gasteiger charge is 2.15. The van der Waals surface area contributed by atoms with E-state index >= 15 is 0 Å². The number of hydrogen-bond donors (Lipinski definition) is 1. The molecule has 0 aromatic carbocycles. The summed E-state index contributed by atoms with van der Waals surface area (Å²) < 4.78 is 32.3. The van der Waals surface area contributed by atoms with E-state index in [-0.39, 0.29) is 17.5 Å². The zero-order chi connectivity index (χ0) is 35.2. The molecule has 12 nitrogen and oxygen atoms in total. The van der Waals surface area contributed by atoms with Crippen LogP contribution in [0.3, 0.4) is 0 Å². The van der Waals surface area contributed by atoms with Crippen LogP contribution in [0.4, 0.5) is 0 Å². The molecule has 0 heterocycles. The predicted octanol–water partition coefficient (Wildman–Crippen LogP) is 7.86. The Morgan fingerprint density at radius 3 is 1.29 bits per heavy atom. The minimum atomic E-state index is -0.373. The molecule has 0 rings (SSSR count). The van der Waals surface area contributed by atoms with Crippen molar-refractivity contribution in [3.63, 3.8) is 0 Å². The Hall–Kier alpha value is -1.95. The third-order valence-corrected chi connectivity index (χ3v) is 7.41. The van der Waals surface area contributed by atoms with Crippen LogP contribution in [0.5, 0.6) is 0 Å². The Labute approximate surface area is 291 Å². The second-order valence-corrected chi connectivity index (χ2v) is 13.1. The van der Waals surface area contributed by atoms with Crippen molar-refractivity contribution >= 4 is 11.9 Å². The van der Waals surface area contributed by atoms with Crippen molar-refractivity contribution in [2.24, 2.45) is 5.11 Å². The van der Waals surface area contributed by atoms with E-state index in [0.29, 0.717) is 92.0 Å². The van der Waals surface area contributed by atoms with E-state index in [9.17, 15) is 9.59 Å². The van der Waals surface area contributed by atoms with E-state index in [1.165, 1.54) is 77.0 Å². The fourth-order valence-electron chi connectivity index (χ4n) is 4.91. The average molecular weight is 687 g/mol.